The Hall–Kier alpha value is -2.67. The lowest BCUT2D eigenvalue weighted by atomic mass is 10.2. The van der Waals surface area contributed by atoms with Crippen molar-refractivity contribution in [1.82, 2.24) is 0 Å². The summed E-state index contributed by atoms with van der Waals surface area (Å²) in [7, 11) is 0. The van der Waals surface area contributed by atoms with E-state index >= 15 is 0 Å². The zero-order valence-electron chi connectivity index (χ0n) is 12.8. The van der Waals surface area contributed by atoms with Gasteiger partial charge in [-0.05, 0) is 55.5 Å². The Bertz CT molecular complexity index is 799. The number of hydrogen-bond donors (Lipinski definition) is 0. The number of alkyl halides is 3. The van der Waals surface area contributed by atoms with E-state index in [4.69, 9.17) is 21.1 Å². The molecular weight excluding hydrogens is 361 g/mol. The second kappa shape index (κ2) is 7.48. The van der Waals surface area contributed by atoms with Gasteiger partial charge in [0.15, 0.2) is 0 Å². The Morgan fingerprint density at radius 3 is 2.20 bits per heavy atom. The number of halogens is 4. The number of benzene rings is 2. The minimum atomic E-state index is -4.50. The highest BCUT2D eigenvalue weighted by Gasteiger charge is 2.31. The average Bonchev–Trinajstić information content (AvgIpc) is 2.54. The monoisotopic (exact) mass is 371 g/mol. The largest absolute Gasteiger partial charge is 0.542 e. The number of allylic oxidation sites excluding steroid dienone is 1. The number of hydrogen-bond acceptors (Lipinski definition) is 4. The fraction of sp³-hybridized carbons (Fsp3) is 0.118. The van der Waals surface area contributed by atoms with Crippen LogP contribution in [0.3, 0.4) is 0 Å². The Morgan fingerprint density at radius 1 is 1.12 bits per heavy atom. The number of carboxylic acid groups (broad SMARTS) is 1. The van der Waals surface area contributed by atoms with Crippen molar-refractivity contribution in [1.29, 1.82) is 0 Å². The van der Waals surface area contributed by atoms with Gasteiger partial charge in [0.05, 0.1) is 10.6 Å². The molecule has 0 atom stereocenters. The summed E-state index contributed by atoms with van der Waals surface area (Å²) in [5.74, 6) is -1.25. The molecule has 0 fully saturated rings. The minimum absolute atomic E-state index is 0.0483. The van der Waals surface area contributed by atoms with E-state index in [-0.39, 0.29) is 28.0 Å². The molecule has 0 amide bonds. The molecule has 0 saturated carbocycles. The lowest BCUT2D eigenvalue weighted by Gasteiger charge is -2.12. The predicted molar refractivity (Wildman–Crippen MR) is 82.4 cm³/mol. The predicted octanol–water partition coefficient (Wildman–Crippen LogP) is 4.18. The summed E-state index contributed by atoms with van der Waals surface area (Å²) in [6.07, 6.45) is -3.26. The summed E-state index contributed by atoms with van der Waals surface area (Å²) in [6, 6.07) is 8.50. The zero-order chi connectivity index (χ0) is 18.6. The molecular formula is C17H11ClF3O4-. The van der Waals surface area contributed by atoms with E-state index in [1.165, 1.54) is 37.3 Å². The number of aliphatic carboxylic acids is 1. The number of carbonyl (C=O) groups excluding carboxylic acids is 1. The third-order valence-electron chi connectivity index (χ3n) is 3.00. The summed E-state index contributed by atoms with van der Waals surface area (Å²) in [5, 5.41) is 10.6. The van der Waals surface area contributed by atoms with Gasteiger partial charge in [0.1, 0.15) is 29.0 Å². The number of carbonyl (C=O) groups is 1. The van der Waals surface area contributed by atoms with Gasteiger partial charge in [0.2, 0.25) is 0 Å². The van der Waals surface area contributed by atoms with Gasteiger partial charge in [-0.25, -0.2) is 0 Å². The van der Waals surface area contributed by atoms with Crippen molar-refractivity contribution >= 4 is 17.6 Å². The molecule has 0 aliphatic heterocycles. The van der Waals surface area contributed by atoms with Crippen LogP contribution in [0, 0.1) is 0 Å². The lowest BCUT2D eigenvalue weighted by molar-refractivity contribution is -0.302. The van der Waals surface area contributed by atoms with Crippen LogP contribution in [0.1, 0.15) is 12.5 Å². The van der Waals surface area contributed by atoms with Crippen LogP contribution in [0.4, 0.5) is 13.2 Å². The molecule has 2 aromatic rings. The topological polar surface area (TPSA) is 58.6 Å². The molecule has 0 spiro atoms. The molecule has 0 radical (unpaired) electrons. The van der Waals surface area contributed by atoms with E-state index in [1.54, 1.807) is 0 Å². The van der Waals surface area contributed by atoms with Crippen molar-refractivity contribution in [3.8, 4) is 17.2 Å². The van der Waals surface area contributed by atoms with E-state index in [0.29, 0.717) is 0 Å². The maximum atomic E-state index is 12.6. The molecule has 0 aromatic heterocycles. The first-order chi connectivity index (χ1) is 11.7. The normalized spacial score (nSPS) is 12.0. The average molecular weight is 372 g/mol. The van der Waals surface area contributed by atoms with E-state index in [1.807, 2.05) is 0 Å². The van der Waals surface area contributed by atoms with Gasteiger partial charge in [-0.3, -0.25) is 0 Å². The van der Waals surface area contributed by atoms with Crippen LogP contribution < -0.4 is 14.6 Å². The first-order valence-electron chi connectivity index (χ1n) is 6.91. The van der Waals surface area contributed by atoms with E-state index in [0.717, 1.165) is 18.2 Å². The minimum Gasteiger partial charge on any atom is -0.542 e. The standard InChI is InChI=1S/C17H12ClF3O4/c1-2-14(16(22)23)24-11-4-6-12(7-5-11)25-15-8-3-10(9-13(15)18)17(19,20)21/h2-9H,1H3,(H,22,23)/p-1. The molecule has 25 heavy (non-hydrogen) atoms. The fourth-order valence-electron chi connectivity index (χ4n) is 1.81. The summed E-state index contributed by atoms with van der Waals surface area (Å²) in [4.78, 5) is 10.8. The quantitative estimate of drug-likeness (QED) is 0.584. The van der Waals surface area contributed by atoms with Crippen molar-refractivity contribution in [3.05, 3.63) is 64.9 Å². The van der Waals surface area contributed by atoms with Gasteiger partial charge in [-0.15, -0.1) is 0 Å². The number of ether oxygens (including phenoxy) is 2. The molecule has 8 heteroatoms. The Balaban J connectivity index is 2.13. The van der Waals surface area contributed by atoms with Gasteiger partial charge in [0.25, 0.3) is 0 Å². The second-order valence-electron chi connectivity index (χ2n) is 4.76. The SMILES string of the molecule is CC=C(Oc1ccc(Oc2ccc(C(F)(F)F)cc2Cl)cc1)C(=O)[O-]. The van der Waals surface area contributed by atoms with E-state index in [9.17, 15) is 23.1 Å². The van der Waals surface area contributed by atoms with Crippen LogP contribution in [0.25, 0.3) is 0 Å². The molecule has 0 N–H and O–H groups in total. The zero-order valence-corrected chi connectivity index (χ0v) is 13.5. The molecule has 0 heterocycles. The van der Waals surface area contributed by atoms with Crippen molar-refractivity contribution < 1.29 is 32.5 Å². The highest BCUT2D eigenvalue weighted by atomic mass is 35.5. The van der Waals surface area contributed by atoms with Crippen LogP contribution in [-0.2, 0) is 11.0 Å². The summed E-state index contributed by atoms with van der Waals surface area (Å²) < 4.78 is 48.3. The molecule has 4 nitrogen and oxygen atoms in total. The molecule has 2 aromatic carbocycles. The van der Waals surface area contributed by atoms with Crippen molar-refractivity contribution in [2.75, 3.05) is 0 Å². The van der Waals surface area contributed by atoms with Crippen LogP contribution in [0.2, 0.25) is 5.02 Å². The molecule has 2 rings (SSSR count). The third kappa shape index (κ3) is 4.90. The van der Waals surface area contributed by atoms with Crippen LogP contribution in [0.5, 0.6) is 17.2 Å². The van der Waals surface area contributed by atoms with Crippen molar-refractivity contribution in [2.45, 2.75) is 13.1 Å². The van der Waals surface area contributed by atoms with E-state index < -0.39 is 17.7 Å². The first kappa shape index (κ1) is 18.7. The highest BCUT2D eigenvalue weighted by molar-refractivity contribution is 6.32. The molecule has 0 aliphatic rings. The molecule has 132 valence electrons. The molecule has 0 unspecified atom stereocenters. The van der Waals surface area contributed by atoms with Crippen LogP contribution in [-0.4, -0.2) is 5.97 Å². The van der Waals surface area contributed by atoms with Gasteiger partial charge in [-0.2, -0.15) is 13.2 Å². The molecule has 0 saturated heterocycles. The van der Waals surface area contributed by atoms with Crippen LogP contribution in [0.15, 0.2) is 54.3 Å². The lowest BCUT2D eigenvalue weighted by Crippen LogP contribution is -2.27. The fourth-order valence-corrected chi connectivity index (χ4v) is 2.03. The highest BCUT2D eigenvalue weighted by Crippen LogP contribution is 2.36. The van der Waals surface area contributed by atoms with E-state index in [2.05, 4.69) is 0 Å². The maximum absolute atomic E-state index is 12.6. The van der Waals surface area contributed by atoms with Gasteiger partial charge < -0.3 is 19.4 Å². The molecule has 0 bridgehead atoms. The van der Waals surface area contributed by atoms with Crippen molar-refractivity contribution in [3.63, 3.8) is 0 Å². The van der Waals surface area contributed by atoms with Crippen molar-refractivity contribution in [2.24, 2.45) is 0 Å². The maximum Gasteiger partial charge on any atom is 0.416 e. The van der Waals surface area contributed by atoms with Gasteiger partial charge in [-0.1, -0.05) is 11.6 Å². The Labute approximate surface area is 146 Å². The summed E-state index contributed by atoms with van der Waals surface area (Å²) in [6.45, 7) is 1.48. The van der Waals surface area contributed by atoms with Gasteiger partial charge >= 0.3 is 6.18 Å². The number of rotatable bonds is 5. The first-order valence-corrected chi connectivity index (χ1v) is 7.28. The molecule has 0 aliphatic carbocycles. The summed E-state index contributed by atoms with van der Waals surface area (Å²) >= 11 is 5.81. The third-order valence-corrected chi connectivity index (χ3v) is 3.30. The van der Waals surface area contributed by atoms with Gasteiger partial charge in [0, 0.05) is 0 Å². The number of carboxylic acids is 1. The second-order valence-corrected chi connectivity index (χ2v) is 5.17. The summed E-state index contributed by atoms with van der Waals surface area (Å²) in [5.41, 5.74) is -0.880. The van der Waals surface area contributed by atoms with Crippen LogP contribution >= 0.6 is 11.6 Å². The Morgan fingerprint density at radius 2 is 1.72 bits per heavy atom. The smallest absolute Gasteiger partial charge is 0.416 e. The Kier molecular flexibility index (Phi) is 5.58.